The van der Waals surface area contributed by atoms with E-state index in [2.05, 4.69) is 10.3 Å². The molecule has 2 aromatic heterocycles. The van der Waals surface area contributed by atoms with E-state index in [4.69, 9.17) is 0 Å². The minimum Gasteiger partial charge on any atom is -0.361 e. The van der Waals surface area contributed by atoms with Gasteiger partial charge in [-0.25, -0.2) is 0 Å². The number of hydrogen-bond donors (Lipinski definition) is 2. The molecule has 1 atom stereocenters. The maximum Gasteiger partial charge on any atom is 0.416 e. The van der Waals surface area contributed by atoms with E-state index in [1.165, 1.54) is 12.1 Å². The number of aromatic nitrogens is 1. The van der Waals surface area contributed by atoms with Crippen molar-refractivity contribution in [3.05, 3.63) is 93.8 Å². The smallest absolute Gasteiger partial charge is 0.361 e. The average Bonchev–Trinajstić information content (AvgIpc) is 3.38. The van der Waals surface area contributed by atoms with Crippen molar-refractivity contribution in [3.8, 4) is 0 Å². The molecule has 7 heteroatoms. The van der Waals surface area contributed by atoms with Crippen LogP contribution in [0.5, 0.6) is 0 Å². The molecule has 0 saturated heterocycles. The summed E-state index contributed by atoms with van der Waals surface area (Å²) in [4.78, 5) is 16.9. The molecule has 148 valence electrons. The zero-order valence-electron chi connectivity index (χ0n) is 15.2. The van der Waals surface area contributed by atoms with Crippen LogP contribution in [0.1, 0.15) is 32.3 Å². The molecule has 2 aromatic carbocycles. The molecule has 1 amide bonds. The van der Waals surface area contributed by atoms with E-state index in [9.17, 15) is 18.0 Å². The van der Waals surface area contributed by atoms with Gasteiger partial charge in [0.25, 0.3) is 5.91 Å². The Kier molecular flexibility index (Phi) is 5.15. The van der Waals surface area contributed by atoms with Crippen molar-refractivity contribution in [2.45, 2.75) is 12.1 Å². The Morgan fingerprint density at radius 2 is 1.79 bits per heavy atom. The number of hydrogen-bond acceptors (Lipinski definition) is 2. The van der Waals surface area contributed by atoms with E-state index in [1.807, 2.05) is 48.0 Å². The summed E-state index contributed by atoms with van der Waals surface area (Å²) >= 11 is 1.60. The van der Waals surface area contributed by atoms with Crippen LogP contribution in [0, 0.1) is 0 Å². The molecule has 3 nitrogen and oxygen atoms in total. The first kappa shape index (κ1) is 19.3. The van der Waals surface area contributed by atoms with Crippen molar-refractivity contribution < 1.29 is 18.0 Å². The summed E-state index contributed by atoms with van der Waals surface area (Å²) in [6.07, 6.45) is -2.48. The van der Waals surface area contributed by atoms with Gasteiger partial charge in [0.1, 0.15) is 0 Å². The Morgan fingerprint density at radius 3 is 2.48 bits per heavy atom. The molecule has 1 unspecified atom stereocenters. The summed E-state index contributed by atoms with van der Waals surface area (Å²) in [7, 11) is 0. The number of alkyl halides is 3. The summed E-state index contributed by atoms with van der Waals surface area (Å²) in [5.41, 5.74) is 1.50. The maximum absolute atomic E-state index is 12.7. The lowest BCUT2D eigenvalue weighted by Gasteiger charge is -2.16. The third-order valence-electron chi connectivity index (χ3n) is 4.82. The van der Waals surface area contributed by atoms with Gasteiger partial charge in [0.15, 0.2) is 0 Å². The number of para-hydroxylation sites is 1. The van der Waals surface area contributed by atoms with Crippen molar-refractivity contribution in [2.24, 2.45) is 0 Å². The largest absolute Gasteiger partial charge is 0.416 e. The van der Waals surface area contributed by atoms with Gasteiger partial charge < -0.3 is 10.3 Å². The first-order valence-electron chi connectivity index (χ1n) is 8.98. The number of nitrogens with one attached hydrogen (secondary N) is 2. The summed E-state index contributed by atoms with van der Waals surface area (Å²) in [6.45, 7) is 0.336. The third-order valence-corrected chi connectivity index (χ3v) is 5.81. The van der Waals surface area contributed by atoms with Crippen LogP contribution in [0.2, 0.25) is 0 Å². The fourth-order valence-electron chi connectivity index (χ4n) is 3.34. The van der Waals surface area contributed by atoms with Crippen LogP contribution in [0.15, 0.2) is 72.2 Å². The van der Waals surface area contributed by atoms with Crippen LogP contribution in [-0.2, 0) is 6.18 Å². The molecule has 0 aliphatic heterocycles. The quantitative estimate of drug-likeness (QED) is 0.425. The van der Waals surface area contributed by atoms with Crippen LogP contribution in [-0.4, -0.2) is 17.4 Å². The van der Waals surface area contributed by atoms with Gasteiger partial charge in [-0.15, -0.1) is 11.3 Å². The van der Waals surface area contributed by atoms with Crippen molar-refractivity contribution in [3.63, 3.8) is 0 Å². The number of aromatic amines is 1. The van der Waals surface area contributed by atoms with E-state index in [0.29, 0.717) is 6.54 Å². The number of carbonyl (C=O) groups excluding carboxylic acids is 1. The Bertz CT molecular complexity index is 1120. The number of amides is 1. The summed E-state index contributed by atoms with van der Waals surface area (Å²) < 4.78 is 38.1. The molecule has 0 aliphatic carbocycles. The molecule has 0 bridgehead atoms. The van der Waals surface area contributed by atoms with Crippen molar-refractivity contribution in [2.75, 3.05) is 6.54 Å². The molecule has 0 spiro atoms. The number of carbonyl (C=O) groups is 1. The van der Waals surface area contributed by atoms with Gasteiger partial charge in [0, 0.05) is 40.0 Å². The van der Waals surface area contributed by atoms with Gasteiger partial charge >= 0.3 is 6.18 Å². The minimum atomic E-state index is -4.42. The molecule has 0 aliphatic rings. The Hall–Kier alpha value is -3.06. The van der Waals surface area contributed by atoms with Gasteiger partial charge in [-0.1, -0.05) is 24.3 Å². The second kappa shape index (κ2) is 7.75. The summed E-state index contributed by atoms with van der Waals surface area (Å²) in [5.74, 6) is -0.468. The third kappa shape index (κ3) is 4.05. The normalized spacial score (nSPS) is 12.8. The Balaban J connectivity index is 1.55. The molecule has 2 N–H and O–H groups in total. The molecular weight excluding hydrogens is 397 g/mol. The van der Waals surface area contributed by atoms with Crippen molar-refractivity contribution in [1.29, 1.82) is 0 Å². The van der Waals surface area contributed by atoms with E-state index >= 15 is 0 Å². The SMILES string of the molecule is O=C(NCC(c1cccs1)c1c[nH]c2ccccc12)c1ccc(C(F)(F)F)cc1. The second-order valence-electron chi connectivity index (χ2n) is 6.64. The molecular formula is C22H17F3N2OS. The molecule has 0 saturated carbocycles. The highest BCUT2D eigenvalue weighted by Crippen LogP contribution is 2.33. The van der Waals surface area contributed by atoms with Gasteiger partial charge in [0.05, 0.1) is 5.56 Å². The number of benzene rings is 2. The molecule has 0 fully saturated rings. The number of H-pyrrole nitrogens is 1. The lowest BCUT2D eigenvalue weighted by Crippen LogP contribution is -2.28. The van der Waals surface area contributed by atoms with Crippen LogP contribution in [0.4, 0.5) is 13.2 Å². The first-order valence-corrected chi connectivity index (χ1v) is 9.86. The Labute approximate surface area is 169 Å². The van der Waals surface area contributed by atoms with E-state index in [-0.39, 0.29) is 11.5 Å². The predicted molar refractivity (Wildman–Crippen MR) is 108 cm³/mol. The highest BCUT2D eigenvalue weighted by Gasteiger charge is 2.30. The number of fused-ring (bicyclic) bond motifs is 1. The predicted octanol–water partition coefficient (Wildman–Crippen LogP) is 5.81. The van der Waals surface area contributed by atoms with Gasteiger partial charge in [-0.3, -0.25) is 4.79 Å². The Morgan fingerprint density at radius 1 is 1.03 bits per heavy atom. The highest BCUT2D eigenvalue weighted by atomic mass is 32.1. The fourth-order valence-corrected chi connectivity index (χ4v) is 4.19. The molecule has 29 heavy (non-hydrogen) atoms. The summed E-state index contributed by atoms with van der Waals surface area (Å²) in [6, 6.07) is 16.2. The first-order chi connectivity index (χ1) is 13.9. The van der Waals surface area contributed by atoms with Gasteiger partial charge in [0.2, 0.25) is 0 Å². The lowest BCUT2D eigenvalue weighted by atomic mass is 9.96. The van der Waals surface area contributed by atoms with Crippen LogP contribution in [0.3, 0.4) is 0 Å². The molecule has 4 rings (SSSR count). The van der Waals surface area contributed by atoms with Crippen LogP contribution < -0.4 is 5.32 Å². The van der Waals surface area contributed by atoms with E-state index in [1.54, 1.807) is 11.3 Å². The number of rotatable bonds is 5. The maximum atomic E-state index is 12.7. The van der Waals surface area contributed by atoms with Crippen LogP contribution >= 0.6 is 11.3 Å². The van der Waals surface area contributed by atoms with Gasteiger partial charge in [-0.2, -0.15) is 13.2 Å². The minimum absolute atomic E-state index is 0.0652. The van der Waals surface area contributed by atoms with Crippen molar-refractivity contribution in [1.82, 2.24) is 10.3 Å². The zero-order valence-corrected chi connectivity index (χ0v) is 16.0. The van der Waals surface area contributed by atoms with Crippen molar-refractivity contribution >= 4 is 28.1 Å². The van der Waals surface area contributed by atoms with E-state index in [0.717, 1.165) is 33.5 Å². The molecule has 4 aromatic rings. The molecule has 0 radical (unpaired) electrons. The zero-order chi connectivity index (χ0) is 20.4. The van der Waals surface area contributed by atoms with Gasteiger partial charge in [-0.05, 0) is 47.3 Å². The van der Waals surface area contributed by atoms with E-state index < -0.39 is 17.6 Å². The molecule has 2 heterocycles. The monoisotopic (exact) mass is 414 g/mol. The number of halogens is 3. The average molecular weight is 414 g/mol. The highest BCUT2D eigenvalue weighted by molar-refractivity contribution is 7.10. The van der Waals surface area contributed by atoms with Crippen LogP contribution in [0.25, 0.3) is 10.9 Å². The number of thiophene rings is 1. The fraction of sp³-hybridized carbons (Fsp3) is 0.136. The standard InChI is InChI=1S/C22H17F3N2OS/c23-22(24,25)15-9-7-14(8-10-15)21(28)27-13-18(20-6-3-11-29-20)17-12-26-19-5-2-1-4-16(17)19/h1-12,18,26H,13H2,(H,27,28). The summed E-state index contributed by atoms with van der Waals surface area (Å²) in [5, 5.41) is 5.93. The topological polar surface area (TPSA) is 44.9 Å². The lowest BCUT2D eigenvalue weighted by molar-refractivity contribution is -0.137. The second-order valence-corrected chi connectivity index (χ2v) is 7.62.